The molecule has 0 atom stereocenters. The number of carbonyl (C=O) groups excluding carboxylic acids is 2. The molecule has 1 saturated carbocycles. The lowest BCUT2D eigenvalue weighted by Crippen LogP contribution is -2.16. The largest absolute Gasteiger partial charge is 0.388 e. The van der Waals surface area contributed by atoms with Gasteiger partial charge in [0, 0.05) is 42.0 Å². The summed E-state index contributed by atoms with van der Waals surface area (Å²) in [7, 11) is 1.75. The standard InChI is InChI=1S/C19H16F2N4O2S.C18H18FN5O2/c1-25-17(19(5-6-19)15-4-2-3-7-22-15)23-24-18(25)28-16-12(20)8-11(9-13(16)21)14(27)10-26;1-11-6-14(17(26)10-25)7-16(19)15(11)9-24-22-18(21-23-24)13-4-2-12(8-20)3-5-13/h2-4,7-9,26H,5-6,10H2,1H3;2-7,25H,8-10,20H2,1H3. The SMILES string of the molecule is Cc1cc(C(=O)CO)cc(F)c1Cn1nnc(-c2ccc(CN)cc2)n1.Cn1c(Sc2c(F)cc(C(=O)CO)cc2F)nnc1C1(c2ccccn2)CC1. The fourth-order valence-corrected chi connectivity index (χ4v) is 6.57. The zero-order valence-corrected chi connectivity index (χ0v) is 29.9. The fourth-order valence-electron chi connectivity index (χ4n) is 5.77. The third kappa shape index (κ3) is 7.98. The van der Waals surface area contributed by atoms with Gasteiger partial charge in [-0.15, -0.1) is 20.4 Å². The minimum Gasteiger partial charge on any atom is -0.388 e. The number of aliphatic hydroxyl groups is 2. The molecule has 17 heteroatoms. The second-order valence-corrected chi connectivity index (χ2v) is 13.5. The van der Waals surface area contributed by atoms with Gasteiger partial charge in [-0.05, 0) is 84.3 Å². The quantitative estimate of drug-likeness (QED) is 0.150. The average molecular weight is 758 g/mol. The highest BCUT2D eigenvalue weighted by Crippen LogP contribution is 2.52. The third-order valence-corrected chi connectivity index (χ3v) is 10.0. The van der Waals surface area contributed by atoms with Crippen molar-refractivity contribution in [1.82, 2.24) is 40.0 Å². The van der Waals surface area contributed by atoms with Crippen molar-refractivity contribution in [1.29, 1.82) is 0 Å². The van der Waals surface area contributed by atoms with Gasteiger partial charge in [-0.1, -0.05) is 30.3 Å². The van der Waals surface area contributed by atoms with Crippen LogP contribution < -0.4 is 5.73 Å². The summed E-state index contributed by atoms with van der Waals surface area (Å²) in [6.07, 6.45) is 3.48. The number of Topliss-reactive ketones (excluding diaryl/α,β-unsaturated/α-hetero) is 2. The van der Waals surface area contributed by atoms with Gasteiger partial charge in [0.15, 0.2) is 16.7 Å². The smallest absolute Gasteiger partial charge is 0.204 e. The Labute approximate surface area is 311 Å². The molecule has 0 bridgehead atoms. The van der Waals surface area contributed by atoms with Gasteiger partial charge < -0.3 is 20.5 Å². The van der Waals surface area contributed by atoms with E-state index in [2.05, 4.69) is 30.6 Å². The predicted octanol–water partition coefficient (Wildman–Crippen LogP) is 4.36. The lowest BCUT2D eigenvalue weighted by Gasteiger charge is -2.14. The Bertz CT molecular complexity index is 2270. The second-order valence-electron chi connectivity index (χ2n) is 12.5. The van der Waals surface area contributed by atoms with Crippen LogP contribution in [0.3, 0.4) is 0 Å². The number of hydrogen-bond acceptors (Lipinski definition) is 12. The zero-order valence-electron chi connectivity index (χ0n) is 29.1. The van der Waals surface area contributed by atoms with Gasteiger partial charge in [0.2, 0.25) is 5.82 Å². The normalized spacial score (nSPS) is 13.0. The molecule has 1 fully saturated rings. The van der Waals surface area contributed by atoms with E-state index in [0.717, 1.165) is 59.6 Å². The molecule has 3 aromatic heterocycles. The van der Waals surface area contributed by atoms with Crippen LogP contribution in [-0.4, -0.2) is 74.9 Å². The average Bonchev–Trinajstić information content (AvgIpc) is 3.71. The van der Waals surface area contributed by atoms with Crippen LogP contribution in [0.25, 0.3) is 11.4 Å². The first kappa shape index (κ1) is 38.1. The van der Waals surface area contributed by atoms with Crippen molar-refractivity contribution in [3.05, 3.63) is 130 Å². The summed E-state index contributed by atoms with van der Waals surface area (Å²) in [5, 5.41) is 38.7. The number of aromatic nitrogens is 8. The van der Waals surface area contributed by atoms with E-state index in [-0.39, 0.29) is 28.0 Å². The maximum Gasteiger partial charge on any atom is 0.204 e. The van der Waals surface area contributed by atoms with Crippen molar-refractivity contribution in [2.24, 2.45) is 12.8 Å². The molecule has 13 nitrogen and oxygen atoms in total. The molecular formula is C37H34F3N9O4S. The summed E-state index contributed by atoms with van der Waals surface area (Å²) in [6, 6.07) is 17.6. The molecule has 0 unspecified atom stereocenters. The van der Waals surface area contributed by atoms with E-state index < -0.39 is 42.2 Å². The van der Waals surface area contributed by atoms with Gasteiger partial charge in [0.05, 0.1) is 22.5 Å². The molecule has 1 aliphatic rings. The Morgan fingerprint density at radius 3 is 2.11 bits per heavy atom. The summed E-state index contributed by atoms with van der Waals surface area (Å²) in [6.45, 7) is 0.756. The number of aryl methyl sites for hydroxylation is 1. The number of rotatable bonds is 12. The Morgan fingerprint density at radius 2 is 1.54 bits per heavy atom. The first-order valence-corrected chi connectivity index (χ1v) is 17.4. The molecule has 4 N–H and O–H groups in total. The van der Waals surface area contributed by atoms with Crippen molar-refractivity contribution in [3.8, 4) is 11.4 Å². The van der Waals surface area contributed by atoms with Crippen LogP contribution in [0, 0.1) is 24.4 Å². The highest BCUT2D eigenvalue weighted by molar-refractivity contribution is 7.99. The first-order chi connectivity index (χ1) is 26.0. The number of ketones is 2. The minimum absolute atomic E-state index is 0.0825. The molecule has 1 aliphatic carbocycles. The Kier molecular flexibility index (Phi) is 11.4. The number of aliphatic hydroxyl groups excluding tert-OH is 2. The molecule has 3 aromatic carbocycles. The first-order valence-electron chi connectivity index (χ1n) is 16.6. The lowest BCUT2D eigenvalue weighted by atomic mass is 10.0. The zero-order chi connectivity index (χ0) is 38.6. The van der Waals surface area contributed by atoms with Crippen LogP contribution in [0.4, 0.5) is 13.2 Å². The van der Waals surface area contributed by atoms with E-state index >= 15 is 0 Å². The van der Waals surface area contributed by atoms with Gasteiger partial charge in [0.25, 0.3) is 0 Å². The summed E-state index contributed by atoms with van der Waals surface area (Å²) in [4.78, 5) is 28.4. The van der Waals surface area contributed by atoms with Crippen molar-refractivity contribution in [2.45, 2.75) is 48.3 Å². The number of hydrogen-bond donors (Lipinski definition) is 3. The van der Waals surface area contributed by atoms with E-state index in [1.165, 1.54) is 4.80 Å². The highest BCUT2D eigenvalue weighted by Gasteiger charge is 2.51. The van der Waals surface area contributed by atoms with Crippen molar-refractivity contribution >= 4 is 23.3 Å². The summed E-state index contributed by atoms with van der Waals surface area (Å²) in [5.41, 5.74) is 8.79. The molecule has 6 aromatic rings. The summed E-state index contributed by atoms with van der Waals surface area (Å²) >= 11 is 0.801. The maximum atomic E-state index is 14.4. The summed E-state index contributed by atoms with van der Waals surface area (Å²) < 4.78 is 44.9. The number of halogens is 3. The van der Waals surface area contributed by atoms with Crippen LogP contribution in [0.1, 0.15) is 61.8 Å². The third-order valence-electron chi connectivity index (χ3n) is 8.91. The number of benzene rings is 3. The number of pyridine rings is 1. The maximum absolute atomic E-state index is 14.4. The van der Waals surface area contributed by atoms with Crippen LogP contribution >= 0.6 is 11.8 Å². The van der Waals surface area contributed by atoms with Crippen molar-refractivity contribution < 1.29 is 33.0 Å². The molecular weight excluding hydrogens is 724 g/mol. The van der Waals surface area contributed by atoms with Crippen molar-refractivity contribution in [2.75, 3.05) is 13.2 Å². The van der Waals surface area contributed by atoms with Gasteiger partial charge in [-0.2, -0.15) is 4.80 Å². The monoisotopic (exact) mass is 757 g/mol. The van der Waals surface area contributed by atoms with Gasteiger partial charge in [-0.25, -0.2) is 13.2 Å². The Hall–Kier alpha value is -5.62. The molecule has 0 amide bonds. The number of nitrogens with zero attached hydrogens (tertiary/aromatic N) is 8. The molecule has 0 aliphatic heterocycles. The number of nitrogens with two attached hydrogens (primary N) is 1. The molecule has 278 valence electrons. The highest BCUT2D eigenvalue weighted by atomic mass is 32.2. The van der Waals surface area contributed by atoms with Crippen LogP contribution in [0.15, 0.2) is 83.0 Å². The lowest BCUT2D eigenvalue weighted by molar-refractivity contribution is 0.0897. The van der Waals surface area contributed by atoms with Crippen molar-refractivity contribution in [3.63, 3.8) is 0 Å². The molecule has 7 rings (SSSR count). The fraction of sp³-hybridized carbons (Fsp3) is 0.243. The minimum atomic E-state index is -0.891. The predicted molar refractivity (Wildman–Crippen MR) is 190 cm³/mol. The van der Waals surface area contributed by atoms with E-state index in [9.17, 15) is 22.8 Å². The Balaban J connectivity index is 0.000000185. The van der Waals surface area contributed by atoms with Crippen LogP contribution in [0.2, 0.25) is 0 Å². The van der Waals surface area contributed by atoms with E-state index in [0.29, 0.717) is 34.5 Å². The van der Waals surface area contributed by atoms with Gasteiger partial charge >= 0.3 is 0 Å². The van der Waals surface area contributed by atoms with Gasteiger partial charge in [0.1, 0.15) is 36.5 Å². The van der Waals surface area contributed by atoms with Gasteiger partial charge in [-0.3, -0.25) is 14.6 Å². The molecule has 0 spiro atoms. The number of carbonyl (C=O) groups is 2. The molecule has 0 radical (unpaired) electrons. The van der Waals surface area contributed by atoms with Crippen LogP contribution in [0.5, 0.6) is 0 Å². The summed E-state index contributed by atoms with van der Waals surface area (Å²) in [5.74, 6) is -2.48. The van der Waals surface area contributed by atoms with Crippen LogP contribution in [-0.2, 0) is 25.6 Å². The number of tetrazole rings is 1. The Morgan fingerprint density at radius 1 is 0.889 bits per heavy atom. The second kappa shape index (κ2) is 16.2. The topological polar surface area (TPSA) is 188 Å². The molecule has 0 saturated heterocycles. The van der Waals surface area contributed by atoms with E-state index in [1.54, 1.807) is 30.8 Å². The molecule has 54 heavy (non-hydrogen) atoms. The van der Waals surface area contributed by atoms with E-state index in [4.69, 9.17) is 15.9 Å². The molecule has 3 heterocycles. The van der Waals surface area contributed by atoms with E-state index in [1.807, 2.05) is 42.5 Å².